The molecule has 0 spiro atoms. The van der Waals surface area contributed by atoms with E-state index in [1.807, 2.05) is 19.3 Å². The first-order valence-corrected chi connectivity index (χ1v) is 7.42. The van der Waals surface area contributed by atoms with E-state index in [1.165, 1.54) is 6.42 Å². The van der Waals surface area contributed by atoms with Crippen molar-refractivity contribution in [3.63, 3.8) is 0 Å². The Morgan fingerprint density at radius 2 is 2.00 bits per heavy atom. The molecule has 1 saturated carbocycles. The molecular weight excluding hydrogens is 260 g/mol. The van der Waals surface area contributed by atoms with E-state index in [1.54, 1.807) is 0 Å². The molecule has 3 nitrogen and oxygen atoms in total. The molecule has 4 heteroatoms. The summed E-state index contributed by atoms with van der Waals surface area (Å²) in [4.78, 5) is 4.35. The average molecular weight is 283 g/mol. The highest BCUT2D eigenvalue weighted by atomic mass is 35.5. The molecule has 0 aliphatic heterocycles. The molecule has 19 heavy (non-hydrogen) atoms. The van der Waals surface area contributed by atoms with Crippen molar-refractivity contribution < 1.29 is 4.74 Å². The van der Waals surface area contributed by atoms with Crippen LogP contribution in [0.3, 0.4) is 0 Å². The molecule has 1 N–H and O–H groups in total. The highest BCUT2D eigenvalue weighted by Gasteiger charge is 2.26. The monoisotopic (exact) mass is 282 g/mol. The second kappa shape index (κ2) is 6.58. The minimum Gasteiger partial charge on any atom is -0.473 e. The summed E-state index contributed by atoms with van der Waals surface area (Å²) in [6.45, 7) is 5.35. The molecule has 1 aromatic rings. The van der Waals surface area contributed by atoms with E-state index < -0.39 is 0 Å². The standard InChI is InChI=1S/C15H23ClN2O/c1-10-4-11(2)6-13(5-10)19-15-14(16)7-12(8-17-3)9-18-15/h7,9-11,13,17H,4-6,8H2,1-3H3. The first kappa shape index (κ1) is 14.6. The van der Waals surface area contributed by atoms with E-state index >= 15 is 0 Å². The Morgan fingerprint density at radius 1 is 1.32 bits per heavy atom. The molecule has 0 bridgehead atoms. The van der Waals surface area contributed by atoms with E-state index in [4.69, 9.17) is 16.3 Å². The normalized spacial score (nSPS) is 27.3. The van der Waals surface area contributed by atoms with Gasteiger partial charge in [-0.15, -0.1) is 0 Å². The van der Waals surface area contributed by atoms with Crippen LogP contribution in [-0.4, -0.2) is 18.1 Å². The van der Waals surface area contributed by atoms with Gasteiger partial charge in [0.15, 0.2) is 0 Å². The lowest BCUT2D eigenvalue weighted by Crippen LogP contribution is -2.28. The number of pyridine rings is 1. The number of halogens is 1. The third-order valence-corrected chi connectivity index (χ3v) is 3.93. The first-order valence-electron chi connectivity index (χ1n) is 7.04. The fourth-order valence-corrected chi connectivity index (χ4v) is 3.21. The van der Waals surface area contributed by atoms with Gasteiger partial charge in [0.25, 0.3) is 0 Å². The second-order valence-corrected chi connectivity index (χ2v) is 6.23. The van der Waals surface area contributed by atoms with Crippen molar-refractivity contribution in [1.82, 2.24) is 10.3 Å². The number of ether oxygens (including phenoxy) is 1. The molecule has 2 rings (SSSR count). The maximum Gasteiger partial charge on any atom is 0.232 e. The zero-order chi connectivity index (χ0) is 13.8. The van der Waals surface area contributed by atoms with Crippen molar-refractivity contribution >= 4 is 11.6 Å². The maximum absolute atomic E-state index is 6.24. The van der Waals surface area contributed by atoms with Crippen molar-refractivity contribution in [1.29, 1.82) is 0 Å². The third-order valence-electron chi connectivity index (χ3n) is 3.66. The van der Waals surface area contributed by atoms with E-state index in [2.05, 4.69) is 24.1 Å². The second-order valence-electron chi connectivity index (χ2n) is 5.82. The summed E-state index contributed by atoms with van der Waals surface area (Å²) in [5.41, 5.74) is 1.07. The molecule has 0 saturated heterocycles. The molecule has 0 amide bonds. The van der Waals surface area contributed by atoms with Gasteiger partial charge in [-0.2, -0.15) is 0 Å². The fourth-order valence-electron chi connectivity index (χ4n) is 2.98. The summed E-state index contributed by atoms with van der Waals surface area (Å²) in [6.07, 6.45) is 5.57. The summed E-state index contributed by atoms with van der Waals surface area (Å²) < 4.78 is 6.00. The van der Waals surface area contributed by atoms with Gasteiger partial charge in [-0.25, -0.2) is 4.98 Å². The van der Waals surface area contributed by atoms with Gasteiger partial charge in [-0.05, 0) is 49.8 Å². The van der Waals surface area contributed by atoms with Crippen LogP contribution >= 0.6 is 11.6 Å². The van der Waals surface area contributed by atoms with Gasteiger partial charge in [0, 0.05) is 12.7 Å². The molecule has 1 aliphatic rings. The van der Waals surface area contributed by atoms with Crippen molar-refractivity contribution in [2.24, 2.45) is 11.8 Å². The molecule has 2 atom stereocenters. The minimum absolute atomic E-state index is 0.249. The van der Waals surface area contributed by atoms with Crippen molar-refractivity contribution in [3.05, 3.63) is 22.8 Å². The number of hydrogen-bond donors (Lipinski definition) is 1. The lowest BCUT2D eigenvalue weighted by Gasteiger charge is -2.31. The Balaban J connectivity index is 2.02. The SMILES string of the molecule is CNCc1cnc(OC2CC(C)CC(C)C2)c(Cl)c1. The van der Waals surface area contributed by atoms with Gasteiger partial charge in [0.2, 0.25) is 5.88 Å². The Kier molecular flexibility index (Phi) is 5.06. The molecule has 2 unspecified atom stereocenters. The van der Waals surface area contributed by atoms with E-state index in [9.17, 15) is 0 Å². The van der Waals surface area contributed by atoms with Gasteiger partial charge >= 0.3 is 0 Å². The van der Waals surface area contributed by atoms with Crippen LogP contribution in [0.2, 0.25) is 5.02 Å². The summed E-state index contributed by atoms with van der Waals surface area (Å²) >= 11 is 6.24. The van der Waals surface area contributed by atoms with Crippen LogP contribution < -0.4 is 10.1 Å². The zero-order valence-electron chi connectivity index (χ0n) is 11.9. The lowest BCUT2D eigenvalue weighted by atomic mass is 9.82. The Bertz CT molecular complexity index is 415. The van der Waals surface area contributed by atoms with Crippen LogP contribution in [0.1, 0.15) is 38.7 Å². The van der Waals surface area contributed by atoms with E-state index in [0.29, 0.717) is 10.9 Å². The predicted molar refractivity (Wildman–Crippen MR) is 78.6 cm³/mol. The van der Waals surface area contributed by atoms with Gasteiger partial charge in [0.05, 0.1) is 0 Å². The Hall–Kier alpha value is -0.800. The lowest BCUT2D eigenvalue weighted by molar-refractivity contribution is 0.0968. The molecule has 1 aromatic heterocycles. The highest BCUT2D eigenvalue weighted by molar-refractivity contribution is 6.31. The fraction of sp³-hybridized carbons (Fsp3) is 0.667. The van der Waals surface area contributed by atoms with Crippen LogP contribution in [-0.2, 0) is 6.54 Å². The number of rotatable bonds is 4. The predicted octanol–water partition coefficient (Wildman–Crippen LogP) is 3.66. The van der Waals surface area contributed by atoms with Crippen molar-refractivity contribution in [2.45, 2.75) is 45.8 Å². The number of aromatic nitrogens is 1. The van der Waals surface area contributed by atoms with Crippen LogP contribution in [0, 0.1) is 11.8 Å². The minimum atomic E-state index is 0.249. The summed E-state index contributed by atoms with van der Waals surface area (Å²) in [5, 5.41) is 3.69. The molecule has 1 fully saturated rings. The van der Waals surface area contributed by atoms with Crippen molar-refractivity contribution in [2.75, 3.05) is 7.05 Å². The molecule has 1 heterocycles. The Labute approximate surface area is 120 Å². The van der Waals surface area contributed by atoms with Crippen LogP contribution in [0.25, 0.3) is 0 Å². The first-order chi connectivity index (χ1) is 9.08. The molecule has 0 radical (unpaired) electrons. The average Bonchev–Trinajstić information content (AvgIpc) is 2.32. The van der Waals surface area contributed by atoms with Gasteiger partial charge in [0.1, 0.15) is 11.1 Å². The van der Waals surface area contributed by atoms with Gasteiger partial charge in [-0.3, -0.25) is 0 Å². The Morgan fingerprint density at radius 3 is 2.58 bits per heavy atom. The molecular formula is C15H23ClN2O. The maximum atomic E-state index is 6.24. The topological polar surface area (TPSA) is 34.2 Å². The smallest absolute Gasteiger partial charge is 0.232 e. The highest BCUT2D eigenvalue weighted by Crippen LogP contribution is 2.32. The largest absolute Gasteiger partial charge is 0.473 e. The van der Waals surface area contributed by atoms with Crippen LogP contribution in [0.5, 0.6) is 5.88 Å². The van der Waals surface area contributed by atoms with E-state index in [-0.39, 0.29) is 6.10 Å². The van der Waals surface area contributed by atoms with Crippen LogP contribution in [0.15, 0.2) is 12.3 Å². The quantitative estimate of drug-likeness (QED) is 0.915. The number of hydrogen-bond acceptors (Lipinski definition) is 3. The van der Waals surface area contributed by atoms with E-state index in [0.717, 1.165) is 36.8 Å². The summed E-state index contributed by atoms with van der Waals surface area (Å²) in [7, 11) is 1.91. The molecule has 0 aromatic carbocycles. The summed E-state index contributed by atoms with van der Waals surface area (Å²) in [6, 6.07) is 1.93. The number of nitrogens with one attached hydrogen (secondary N) is 1. The summed E-state index contributed by atoms with van der Waals surface area (Å²) in [5.74, 6) is 2.01. The van der Waals surface area contributed by atoms with Gasteiger partial charge < -0.3 is 10.1 Å². The number of nitrogens with zero attached hydrogens (tertiary/aromatic N) is 1. The van der Waals surface area contributed by atoms with Crippen LogP contribution in [0.4, 0.5) is 0 Å². The van der Waals surface area contributed by atoms with Crippen molar-refractivity contribution in [3.8, 4) is 5.88 Å². The van der Waals surface area contributed by atoms with Gasteiger partial charge in [-0.1, -0.05) is 25.4 Å². The molecule has 1 aliphatic carbocycles. The third kappa shape index (κ3) is 4.08. The zero-order valence-corrected chi connectivity index (χ0v) is 12.7. The molecule has 106 valence electrons.